The molecule has 5 aliphatic rings. The first-order valence-electron chi connectivity index (χ1n) is 19.6. The predicted molar refractivity (Wildman–Crippen MR) is 206 cm³/mol. The molecule has 2 unspecified atom stereocenters. The SMILES string of the molecule is COc1cc(C(=O)NC2CCN(Cc3cccc4c3C(=O)N(C3CCC(O)NC3=O)C4=O)CC2)ccc1Nc1ncc2c(n1)N(C1CCCC1)CC(F)(F)C(=O)N2C. The molecule has 4 aliphatic heterocycles. The second-order valence-electron chi connectivity index (χ2n) is 15.5. The molecule has 4 N–H and O–H groups in total. The van der Waals surface area contributed by atoms with E-state index in [9.17, 15) is 29.1 Å². The fourth-order valence-electron chi connectivity index (χ4n) is 8.72. The number of carbonyl (C=O) groups is 5. The van der Waals surface area contributed by atoms with Crippen molar-refractivity contribution in [2.75, 3.05) is 48.9 Å². The first kappa shape index (κ1) is 39.1. The number of aliphatic hydroxyl groups excluding tert-OH is 1. The second-order valence-corrected chi connectivity index (χ2v) is 15.5. The smallest absolute Gasteiger partial charge is 0.342 e. The first-order valence-corrected chi connectivity index (χ1v) is 19.6. The average molecular weight is 802 g/mol. The molecule has 5 heterocycles. The fourth-order valence-corrected chi connectivity index (χ4v) is 8.72. The molecule has 5 amide bonds. The lowest BCUT2D eigenvalue weighted by molar-refractivity contribution is -0.140. The Labute approximate surface area is 332 Å². The number of methoxy groups -OCH3 is 1. The van der Waals surface area contributed by atoms with Gasteiger partial charge in [-0.3, -0.25) is 33.8 Å². The Morgan fingerprint density at radius 2 is 1.78 bits per heavy atom. The van der Waals surface area contributed by atoms with E-state index < -0.39 is 48.4 Å². The molecular weight excluding hydrogens is 756 g/mol. The van der Waals surface area contributed by atoms with Gasteiger partial charge in [-0.15, -0.1) is 0 Å². The molecule has 0 bridgehead atoms. The van der Waals surface area contributed by atoms with Gasteiger partial charge in [-0.2, -0.15) is 13.8 Å². The maximum absolute atomic E-state index is 15.0. The Bertz CT molecular complexity index is 2160. The van der Waals surface area contributed by atoms with Crippen molar-refractivity contribution in [1.29, 1.82) is 0 Å². The summed E-state index contributed by atoms with van der Waals surface area (Å²) in [6, 6.07) is 8.72. The van der Waals surface area contributed by atoms with Crippen LogP contribution in [0.25, 0.3) is 0 Å². The zero-order chi connectivity index (χ0) is 40.9. The molecule has 2 atom stereocenters. The molecule has 58 heavy (non-hydrogen) atoms. The zero-order valence-electron chi connectivity index (χ0n) is 32.2. The van der Waals surface area contributed by atoms with Crippen LogP contribution in [0.5, 0.6) is 5.75 Å². The van der Waals surface area contributed by atoms with Crippen LogP contribution >= 0.6 is 0 Å². The number of hydrogen-bond donors (Lipinski definition) is 4. The number of nitrogens with one attached hydrogen (secondary N) is 3. The number of rotatable bonds is 9. The van der Waals surface area contributed by atoms with E-state index in [1.807, 2.05) is 6.07 Å². The van der Waals surface area contributed by atoms with Gasteiger partial charge in [0.05, 0.1) is 36.7 Å². The van der Waals surface area contributed by atoms with E-state index in [-0.39, 0.29) is 53.8 Å². The lowest BCUT2D eigenvalue weighted by Gasteiger charge is -2.33. The molecule has 1 aliphatic carbocycles. The van der Waals surface area contributed by atoms with Crippen LogP contribution in [0, 0.1) is 0 Å². The third-order valence-electron chi connectivity index (χ3n) is 11.8. The van der Waals surface area contributed by atoms with Crippen molar-refractivity contribution < 1.29 is 42.6 Å². The summed E-state index contributed by atoms with van der Waals surface area (Å²) in [7, 11) is 2.76. The normalized spacial score (nSPS) is 22.7. The highest BCUT2D eigenvalue weighted by atomic mass is 19.3. The van der Waals surface area contributed by atoms with Crippen molar-refractivity contribution in [1.82, 2.24) is 30.4 Å². The Morgan fingerprint density at radius 3 is 2.50 bits per heavy atom. The van der Waals surface area contributed by atoms with E-state index >= 15 is 8.78 Å². The molecule has 1 aromatic heterocycles. The number of halogens is 2. The third kappa shape index (κ3) is 7.30. The van der Waals surface area contributed by atoms with Gasteiger partial charge in [-0.1, -0.05) is 25.0 Å². The number of alkyl halides is 2. The molecule has 306 valence electrons. The third-order valence-corrected chi connectivity index (χ3v) is 11.8. The maximum atomic E-state index is 15.0. The fraction of sp³-hybridized carbons (Fsp3) is 0.475. The molecule has 3 fully saturated rings. The van der Waals surface area contributed by atoms with Gasteiger partial charge in [0.1, 0.15) is 23.7 Å². The molecular formula is C40H45F2N9O7. The number of carbonyl (C=O) groups excluding carboxylic acids is 5. The average Bonchev–Trinajstić information content (AvgIpc) is 3.82. The van der Waals surface area contributed by atoms with E-state index in [1.165, 1.54) is 25.3 Å². The summed E-state index contributed by atoms with van der Waals surface area (Å²) < 4.78 is 35.7. The van der Waals surface area contributed by atoms with Gasteiger partial charge in [0.15, 0.2) is 5.82 Å². The Morgan fingerprint density at radius 1 is 1.02 bits per heavy atom. The van der Waals surface area contributed by atoms with Crippen molar-refractivity contribution in [3.05, 3.63) is 64.8 Å². The lowest BCUT2D eigenvalue weighted by atomic mass is 9.99. The minimum atomic E-state index is -3.60. The van der Waals surface area contributed by atoms with E-state index in [0.29, 0.717) is 73.4 Å². The molecule has 3 aromatic rings. The quantitative estimate of drug-likeness (QED) is 0.232. The van der Waals surface area contributed by atoms with Crippen LogP contribution in [0.1, 0.15) is 88.0 Å². The van der Waals surface area contributed by atoms with Crippen molar-refractivity contribution in [2.24, 2.45) is 0 Å². The number of hydrogen-bond acceptors (Lipinski definition) is 12. The highest BCUT2D eigenvalue weighted by molar-refractivity contribution is 6.23. The molecule has 1 saturated carbocycles. The van der Waals surface area contributed by atoms with Gasteiger partial charge in [0.2, 0.25) is 11.9 Å². The number of piperidine rings is 2. The summed E-state index contributed by atoms with van der Waals surface area (Å²) >= 11 is 0. The highest BCUT2D eigenvalue weighted by Crippen LogP contribution is 2.40. The minimum absolute atomic E-state index is 0.112. The van der Waals surface area contributed by atoms with Gasteiger partial charge in [-0.25, -0.2) is 4.98 Å². The Hall–Kier alpha value is -5.75. The van der Waals surface area contributed by atoms with Crippen molar-refractivity contribution >= 4 is 52.7 Å². The minimum Gasteiger partial charge on any atom is -0.495 e. The lowest BCUT2D eigenvalue weighted by Crippen LogP contribution is -2.55. The number of likely N-dealkylation sites (tertiary alicyclic amines) is 1. The van der Waals surface area contributed by atoms with Crippen LogP contribution < -0.4 is 30.5 Å². The summed E-state index contributed by atoms with van der Waals surface area (Å²) in [6.07, 6.45) is 5.29. The van der Waals surface area contributed by atoms with Crippen LogP contribution in [0.3, 0.4) is 0 Å². The predicted octanol–water partition coefficient (Wildman–Crippen LogP) is 3.18. The first-order chi connectivity index (χ1) is 27.8. The monoisotopic (exact) mass is 801 g/mol. The van der Waals surface area contributed by atoms with E-state index in [1.54, 1.807) is 30.3 Å². The molecule has 0 spiro atoms. The van der Waals surface area contributed by atoms with Gasteiger partial charge >= 0.3 is 5.92 Å². The summed E-state index contributed by atoms with van der Waals surface area (Å²) in [5, 5.41) is 18.4. The standard InChI is InChI=1S/C40H45F2N9O7/c1-48-29-19-43-39(47-33(29)50(25-7-3-4-8-25)21-40(41,42)38(48)57)45-27-11-10-22(18-30(27)58-2)34(53)44-24-14-16-49(17-15-24)20-23-6-5-9-26-32(23)37(56)51(36(26)55)28-12-13-31(52)46-35(28)54/h5-6,9-11,18-19,24-25,28,31,52H,3-4,7-8,12-17,20-21H2,1-2H3,(H,44,53)(H,46,54)(H,43,45,47). The van der Waals surface area contributed by atoms with E-state index in [0.717, 1.165) is 22.6 Å². The Kier molecular flexibility index (Phi) is 10.5. The zero-order valence-corrected chi connectivity index (χ0v) is 32.2. The number of fused-ring (bicyclic) bond motifs is 2. The van der Waals surface area contributed by atoms with Crippen molar-refractivity contribution in [3.8, 4) is 5.75 Å². The summed E-state index contributed by atoms with van der Waals surface area (Å²) in [4.78, 5) is 80.1. The number of ether oxygens (including phenoxy) is 1. The summed E-state index contributed by atoms with van der Waals surface area (Å²) in [5.74, 6) is -6.11. The van der Waals surface area contributed by atoms with Crippen LogP contribution in [0.4, 0.5) is 31.9 Å². The summed E-state index contributed by atoms with van der Waals surface area (Å²) in [5.41, 5.74) is 2.23. The van der Waals surface area contributed by atoms with E-state index in [2.05, 4.69) is 30.8 Å². The van der Waals surface area contributed by atoms with Crippen molar-refractivity contribution in [3.63, 3.8) is 0 Å². The number of imide groups is 1. The molecule has 2 saturated heterocycles. The van der Waals surface area contributed by atoms with Gasteiger partial charge in [0, 0.05) is 44.3 Å². The summed E-state index contributed by atoms with van der Waals surface area (Å²) in [6.45, 7) is 0.876. The number of benzene rings is 2. The second kappa shape index (κ2) is 15.5. The topological polar surface area (TPSA) is 190 Å². The largest absolute Gasteiger partial charge is 0.495 e. The Balaban J connectivity index is 0.899. The molecule has 8 rings (SSSR count). The van der Waals surface area contributed by atoms with Crippen LogP contribution in [0.15, 0.2) is 42.6 Å². The number of anilines is 4. The van der Waals surface area contributed by atoms with Gasteiger partial charge in [0.25, 0.3) is 23.6 Å². The molecule has 2 aromatic carbocycles. The number of aliphatic hydroxyl groups is 1. The van der Waals surface area contributed by atoms with Gasteiger partial charge < -0.3 is 35.6 Å². The van der Waals surface area contributed by atoms with Gasteiger partial charge in [-0.05, 0) is 68.4 Å². The molecule has 18 heteroatoms. The number of aromatic nitrogens is 2. The van der Waals surface area contributed by atoms with Crippen LogP contribution in [-0.4, -0.2) is 118 Å². The number of amides is 5. The maximum Gasteiger partial charge on any atom is 0.342 e. The molecule has 0 radical (unpaired) electrons. The van der Waals surface area contributed by atoms with E-state index in [4.69, 9.17) is 4.74 Å². The number of nitrogens with zero attached hydrogens (tertiary/aromatic N) is 6. The molecule has 16 nitrogen and oxygen atoms in total. The van der Waals surface area contributed by atoms with Crippen LogP contribution in [0.2, 0.25) is 0 Å². The van der Waals surface area contributed by atoms with Crippen LogP contribution in [-0.2, 0) is 16.1 Å². The van der Waals surface area contributed by atoms with Crippen molar-refractivity contribution in [2.45, 2.75) is 88.2 Å². The highest BCUT2D eigenvalue weighted by Gasteiger charge is 2.49.